The summed E-state index contributed by atoms with van der Waals surface area (Å²) in [4.78, 5) is 13.0. The summed E-state index contributed by atoms with van der Waals surface area (Å²) in [6.45, 7) is 7.78. The zero-order valence-electron chi connectivity index (χ0n) is 15.2. The van der Waals surface area contributed by atoms with E-state index < -0.39 is 0 Å². The van der Waals surface area contributed by atoms with Gasteiger partial charge in [-0.1, -0.05) is 19.0 Å². The monoisotopic (exact) mass is 360 g/mol. The van der Waals surface area contributed by atoms with E-state index in [1.165, 1.54) is 12.1 Å². The molecule has 26 heavy (non-hydrogen) atoms. The Morgan fingerprint density at radius 1 is 1.23 bits per heavy atom. The lowest BCUT2D eigenvalue weighted by Crippen LogP contribution is -2.51. The van der Waals surface area contributed by atoms with E-state index >= 15 is 0 Å². The van der Waals surface area contributed by atoms with Crippen molar-refractivity contribution >= 4 is 11.6 Å². The second kappa shape index (κ2) is 8.16. The van der Waals surface area contributed by atoms with E-state index in [0.717, 1.165) is 31.9 Å². The van der Waals surface area contributed by atoms with Crippen LogP contribution in [0.25, 0.3) is 0 Å². The van der Waals surface area contributed by atoms with Crippen molar-refractivity contribution < 1.29 is 8.91 Å². The van der Waals surface area contributed by atoms with Crippen LogP contribution in [-0.2, 0) is 6.42 Å². The number of guanidine groups is 1. The first kappa shape index (κ1) is 18.2. The van der Waals surface area contributed by atoms with E-state index in [0.29, 0.717) is 30.6 Å². The van der Waals surface area contributed by atoms with Crippen LogP contribution in [0.15, 0.2) is 33.8 Å². The summed E-state index contributed by atoms with van der Waals surface area (Å²) in [6.07, 6.45) is 0.579. The molecule has 7 nitrogen and oxygen atoms in total. The van der Waals surface area contributed by atoms with Crippen LogP contribution in [0.5, 0.6) is 0 Å². The third-order valence-corrected chi connectivity index (χ3v) is 4.40. The summed E-state index contributed by atoms with van der Waals surface area (Å²) in [6, 6.07) is 6.58. The van der Waals surface area contributed by atoms with Gasteiger partial charge in [0.15, 0.2) is 11.8 Å². The first-order valence-corrected chi connectivity index (χ1v) is 8.91. The van der Waals surface area contributed by atoms with Crippen molar-refractivity contribution in [3.05, 3.63) is 41.8 Å². The number of nitrogens with zero attached hydrogens (tertiary/aromatic N) is 5. The van der Waals surface area contributed by atoms with Crippen molar-refractivity contribution in [3.8, 4) is 0 Å². The molecule has 1 aromatic heterocycles. The van der Waals surface area contributed by atoms with Crippen LogP contribution in [0.1, 0.15) is 31.5 Å². The molecule has 1 saturated heterocycles. The van der Waals surface area contributed by atoms with E-state index in [-0.39, 0.29) is 11.7 Å². The highest BCUT2D eigenvalue weighted by Gasteiger charge is 2.18. The first-order chi connectivity index (χ1) is 12.5. The van der Waals surface area contributed by atoms with E-state index in [2.05, 4.69) is 24.9 Å². The van der Waals surface area contributed by atoms with Gasteiger partial charge in [-0.05, 0) is 24.3 Å². The van der Waals surface area contributed by atoms with Gasteiger partial charge in [-0.25, -0.2) is 4.39 Å². The molecule has 8 heteroatoms. The molecule has 3 rings (SSSR count). The number of hydrogen-bond acceptors (Lipinski definition) is 5. The van der Waals surface area contributed by atoms with Gasteiger partial charge in [-0.3, -0.25) is 4.99 Å². The molecule has 0 saturated carbocycles. The summed E-state index contributed by atoms with van der Waals surface area (Å²) in [7, 11) is 0. The second-order valence-electron chi connectivity index (χ2n) is 6.64. The average molecular weight is 360 g/mol. The maximum Gasteiger partial charge on any atom is 0.228 e. The van der Waals surface area contributed by atoms with Crippen molar-refractivity contribution in [2.45, 2.75) is 26.2 Å². The predicted molar refractivity (Wildman–Crippen MR) is 98.8 cm³/mol. The largest absolute Gasteiger partial charge is 0.370 e. The van der Waals surface area contributed by atoms with Gasteiger partial charge in [0.1, 0.15) is 5.82 Å². The fourth-order valence-corrected chi connectivity index (χ4v) is 2.82. The molecule has 0 amide bonds. The Morgan fingerprint density at radius 3 is 2.54 bits per heavy atom. The van der Waals surface area contributed by atoms with E-state index in [1.807, 2.05) is 13.8 Å². The molecule has 0 atom stereocenters. The Balaban J connectivity index is 1.47. The minimum atomic E-state index is -0.217. The number of benzene rings is 1. The lowest BCUT2D eigenvalue weighted by atomic mass is 10.2. The molecule has 140 valence electrons. The van der Waals surface area contributed by atoms with Crippen LogP contribution in [-0.4, -0.2) is 53.7 Å². The van der Waals surface area contributed by atoms with E-state index in [1.54, 1.807) is 12.1 Å². The predicted octanol–water partition coefficient (Wildman–Crippen LogP) is 2.01. The Bertz CT molecular complexity index is 734. The van der Waals surface area contributed by atoms with Crippen molar-refractivity contribution in [3.63, 3.8) is 0 Å². The number of aliphatic imine (C=N–C) groups is 1. The Labute approximate surface area is 152 Å². The van der Waals surface area contributed by atoms with Gasteiger partial charge >= 0.3 is 0 Å². The van der Waals surface area contributed by atoms with Gasteiger partial charge in [0, 0.05) is 44.2 Å². The molecule has 2 aromatic rings. The smallest absolute Gasteiger partial charge is 0.228 e. The molecule has 0 radical (unpaired) electrons. The minimum Gasteiger partial charge on any atom is -0.370 e. The van der Waals surface area contributed by atoms with Gasteiger partial charge in [0.25, 0.3) is 0 Å². The maximum atomic E-state index is 13.0. The van der Waals surface area contributed by atoms with Crippen molar-refractivity contribution in [1.82, 2.24) is 15.0 Å². The van der Waals surface area contributed by atoms with Gasteiger partial charge in [0.05, 0.1) is 6.54 Å². The summed E-state index contributed by atoms with van der Waals surface area (Å²) in [5.41, 5.74) is 7.14. The molecule has 1 aromatic carbocycles. The fourth-order valence-electron chi connectivity index (χ4n) is 2.82. The van der Waals surface area contributed by atoms with Gasteiger partial charge < -0.3 is 20.1 Å². The molecule has 2 N–H and O–H groups in total. The summed E-state index contributed by atoms with van der Waals surface area (Å²) >= 11 is 0. The number of rotatable bonds is 5. The van der Waals surface area contributed by atoms with Crippen molar-refractivity contribution in [2.24, 2.45) is 10.7 Å². The number of piperazine rings is 1. The average Bonchev–Trinajstić information content (AvgIpc) is 3.12. The molecule has 1 aliphatic rings. The standard InChI is InChI=1S/C18H25FN6O/c1-13(2)17-22-16(26-23-17)7-8-21-18(20)25-11-9-24(10-12-25)15-5-3-14(19)4-6-15/h3-6,13H,7-12H2,1-2H3,(H2,20,21). The second-order valence-corrected chi connectivity index (χ2v) is 6.64. The number of anilines is 1. The lowest BCUT2D eigenvalue weighted by molar-refractivity contribution is 0.370. The number of nitrogens with two attached hydrogens (primary N) is 1. The Hall–Kier alpha value is -2.64. The highest BCUT2D eigenvalue weighted by molar-refractivity contribution is 5.78. The van der Waals surface area contributed by atoms with Crippen molar-refractivity contribution in [2.75, 3.05) is 37.6 Å². The molecule has 0 aliphatic carbocycles. The van der Waals surface area contributed by atoms with Crippen LogP contribution < -0.4 is 10.6 Å². The van der Waals surface area contributed by atoms with Gasteiger partial charge in [-0.2, -0.15) is 4.98 Å². The third kappa shape index (κ3) is 4.50. The number of hydrogen-bond donors (Lipinski definition) is 1. The highest BCUT2D eigenvalue weighted by atomic mass is 19.1. The highest BCUT2D eigenvalue weighted by Crippen LogP contribution is 2.16. The lowest BCUT2D eigenvalue weighted by Gasteiger charge is -2.36. The van der Waals surface area contributed by atoms with Gasteiger partial charge in [0.2, 0.25) is 5.89 Å². The SMILES string of the molecule is CC(C)c1noc(CCN=C(N)N2CCN(c3ccc(F)cc3)CC2)n1. The molecule has 0 spiro atoms. The number of halogens is 1. The third-order valence-electron chi connectivity index (χ3n) is 4.40. The Kier molecular flexibility index (Phi) is 5.70. The quantitative estimate of drug-likeness (QED) is 0.649. The van der Waals surface area contributed by atoms with Crippen molar-refractivity contribution in [1.29, 1.82) is 0 Å². The summed E-state index contributed by atoms with van der Waals surface area (Å²) < 4.78 is 18.2. The normalized spacial score (nSPS) is 15.8. The van der Waals surface area contributed by atoms with Crippen LogP contribution in [0.4, 0.5) is 10.1 Å². The molecule has 1 fully saturated rings. The van der Waals surface area contributed by atoms with Gasteiger partial charge in [-0.15, -0.1) is 0 Å². The zero-order valence-corrected chi connectivity index (χ0v) is 15.2. The molecule has 0 bridgehead atoms. The Morgan fingerprint density at radius 2 is 1.92 bits per heavy atom. The van der Waals surface area contributed by atoms with Crippen LogP contribution in [0, 0.1) is 5.82 Å². The fraction of sp³-hybridized carbons (Fsp3) is 0.500. The molecule has 1 aliphatic heterocycles. The molecule has 0 unspecified atom stereocenters. The maximum absolute atomic E-state index is 13.0. The summed E-state index contributed by atoms with van der Waals surface area (Å²) in [5.74, 6) is 1.87. The molecular weight excluding hydrogens is 335 g/mol. The minimum absolute atomic E-state index is 0.217. The topological polar surface area (TPSA) is 83.8 Å². The number of aromatic nitrogens is 2. The zero-order chi connectivity index (χ0) is 18.5. The van der Waals surface area contributed by atoms with Crippen LogP contribution in [0.2, 0.25) is 0 Å². The van der Waals surface area contributed by atoms with E-state index in [4.69, 9.17) is 10.3 Å². The summed E-state index contributed by atoms with van der Waals surface area (Å²) in [5, 5.41) is 3.94. The molecular formula is C18H25FN6O. The van der Waals surface area contributed by atoms with Crippen LogP contribution >= 0.6 is 0 Å². The van der Waals surface area contributed by atoms with Crippen LogP contribution in [0.3, 0.4) is 0 Å². The first-order valence-electron chi connectivity index (χ1n) is 8.91. The van der Waals surface area contributed by atoms with E-state index in [9.17, 15) is 4.39 Å². The molecule has 2 heterocycles.